The lowest BCUT2D eigenvalue weighted by Crippen LogP contribution is -2.20. The van der Waals surface area contributed by atoms with E-state index in [9.17, 15) is 36.3 Å². The molecule has 0 aliphatic carbocycles. The summed E-state index contributed by atoms with van der Waals surface area (Å²) in [6.45, 7) is 3.34. The number of ether oxygens (including phenoxy) is 9. The minimum Gasteiger partial charge on any atom is -0.457 e. The molecule has 12 nitrogen and oxygen atoms in total. The summed E-state index contributed by atoms with van der Waals surface area (Å²) in [6.07, 6.45) is -0.498. The summed E-state index contributed by atoms with van der Waals surface area (Å²) in [5.74, 6) is -15.8. The standard InChI is InChI=1S/C31H37F5O12/c32-24-25(33)27(35)30(28(36)26(24)34)48-23(37)6-7-40-8-9-41-10-11-42-12-13-43-14-15-44-16-17-45-18-19-46-20-21-47-31(39)29(38)22-4-2-1-3-5-22/h1-5H,6-21H2. The molecule has 0 heterocycles. The molecule has 2 rings (SSSR count). The van der Waals surface area contributed by atoms with Gasteiger partial charge >= 0.3 is 11.9 Å². The number of benzene rings is 2. The van der Waals surface area contributed by atoms with Gasteiger partial charge in [-0.1, -0.05) is 30.3 Å². The Hall–Kier alpha value is -3.58. The van der Waals surface area contributed by atoms with Crippen LogP contribution in [0.1, 0.15) is 16.8 Å². The number of hydrogen-bond donors (Lipinski definition) is 0. The molecule has 0 atom stereocenters. The number of Topliss-reactive ketones (excluding diaryl/α,β-unsaturated/α-hetero) is 1. The Morgan fingerprint density at radius 2 is 0.812 bits per heavy atom. The lowest BCUT2D eigenvalue weighted by molar-refractivity contribution is -0.139. The van der Waals surface area contributed by atoms with Gasteiger partial charge in [0.05, 0.1) is 98.9 Å². The molecule has 2 aromatic carbocycles. The molecule has 0 N–H and O–H groups in total. The highest BCUT2D eigenvalue weighted by Gasteiger charge is 2.28. The molecule has 0 unspecified atom stereocenters. The van der Waals surface area contributed by atoms with Gasteiger partial charge in [0.15, 0.2) is 0 Å². The van der Waals surface area contributed by atoms with E-state index in [4.69, 9.17) is 37.9 Å². The van der Waals surface area contributed by atoms with Gasteiger partial charge in [0.25, 0.3) is 5.78 Å². The van der Waals surface area contributed by atoms with Crippen LogP contribution in [-0.4, -0.2) is 117 Å². The van der Waals surface area contributed by atoms with Crippen molar-refractivity contribution in [2.75, 3.05) is 99.1 Å². The maximum Gasteiger partial charge on any atom is 0.379 e. The highest BCUT2D eigenvalue weighted by molar-refractivity contribution is 6.40. The average molecular weight is 697 g/mol. The molecule has 17 heteroatoms. The molecular formula is C31H37F5O12. The van der Waals surface area contributed by atoms with Crippen molar-refractivity contribution < 1.29 is 79.0 Å². The fraction of sp³-hybridized carbons (Fsp3) is 0.516. The van der Waals surface area contributed by atoms with Gasteiger partial charge in [0, 0.05) is 5.56 Å². The first-order chi connectivity index (χ1) is 23.2. The van der Waals surface area contributed by atoms with Gasteiger partial charge in [0.1, 0.15) is 6.61 Å². The molecule has 0 aromatic heterocycles. The maximum absolute atomic E-state index is 13.5. The second kappa shape index (κ2) is 24.5. The molecule has 0 aliphatic heterocycles. The largest absolute Gasteiger partial charge is 0.457 e. The average Bonchev–Trinajstić information content (AvgIpc) is 3.10. The molecule has 2 aromatic rings. The highest BCUT2D eigenvalue weighted by Crippen LogP contribution is 2.29. The van der Waals surface area contributed by atoms with Crippen LogP contribution >= 0.6 is 0 Å². The number of rotatable bonds is 27. The van der Waals surface area contributed by atoms with Crippen LogP contribution in [0.15, 0.2) is 30.3 Å². The van der Waals surface area contributed by atoms with Crippen molar-refractivity contribution in [2.45, 2.75) is 6.42 Å². The summed E-state index contributed by atoms with van der Waals surface area (Å²) in [7, 11) is 0. The van der Waals surface area contributed by atoms with E-state index in [0.29, 0.717) is 46.2 Å². The number of hydrogen-bond acceptors (Lipinski definition) is 12. The van der Waals surface area contributed by atoms with Crippen LogP contribution in [0.25, 0.3) is 0 Å². The van der Waals surface area contributed by atoms with Gasteiger partial charge in [-0.3, -0.25) is 9.59 Å². The predicted octanol–water partition coefficient (Wildman–Crippen LogP) is 3.22. The molecule has 0 bridgehead atoms. The Labute approximate surface area is 273 Å². The normalized spacial score (nSPS) is 11.1. The van der Waals surface area contributed by atoms with Crippen molar-refractivity contribution in [2.24, 2.45) is 0 Å². The summed E-state index contributed by atoms with van der Waals surface area (Å²) in [4.78, 5) is 35.2. The second-order valence-electron chi connectivity index (χ2n) is 9.24. The summed E-state index contributed by atoms with van der Waals surface area (Å²) in [5, 5.41) is 0. The topological polar surface area (TPSA) is 134 Å². The molecule has 0 fully saturated rings. The third-order valence-corrected chi connectivity index (χ3v) is 5.75. The van der Waals surface area contributed by atoms with Gasteiger partial charge in [-0.2, -0.15) is 8.78 Å². The van der Waals surface area contributed by atoms with Crippen LogP contribution in [0.2, 0.25) is 0 Å². The van der Waals surface area contributed by atoms with Crippen molar-refractivity contribution in [1.82, 2.24) is 0 Å². The van der Waals surface area contributed by atoms with Gasteiger partial charge in [-0.25, -0.2) is 18.0 Å². The van der Waals surface area contributed by atoms with Crippen molar-refractivity contribution in [1.29, 1.82) is 0 Å². The van der Waals surface area contributed by atoms with Crippen LogP contribution in [0.5, 0.6) is 5.75 Å². The Balaban J connectivity index is 1.28. The fourth-order valence-electron chi connectivity index (χ4n) is 3.38. The Bertz CT molecular complexity index is 1220. The third-order valence-electron chi connectivity index (χ3n) is 5.75. The van der Waals surface area contributed by atoms with E-state index >= 15 is 0 Å². The van der Waals surface area contributed by atoms with Crippen molar-refractivity contribution in [3.63, 3.8) is 0 Å². The second-order valence-corrected chi connectivity index (χ2v) is 9.24. The van der Waals surface area contributed by atoms with E-state index in [1.54, 1.807) is 18.2 Å². The molecule has 0 saturated heterocycles. The Morgan fingerprint density at radius 3 is 1.23 bits per heavy atom. The quantitative estimate of drug-likeness (QED) is 0.0199. The molecule has 0 aliphatic rings. The fourth-order valence-corrected chi connectivity index (χ4v) is 3.38. The van der Waals surface area contributed by atoms with Crippen molar-refractivity contribution >= 4 is 17.7 Å². The van der Waals surface area contributed by atoms with Crippen LogP contribution in [0.4, 0.5) is 22.0 Å². The summed E-state index contributed by atoms with van der Waals surface area (Å²) >= 11 is 0. The SMILES string of the molecule is O=C(CCOCCOCCOCCOCCOCCOCCOCCOC(=O)C(=O)c1ccccc1)Oc1c(F)c(F)c(F)c(F)c1F. The smallest absolute Gasteiger partial charge is 0.379 e. The lowest BCUT2D eigenvalue weighted by atomic mass is 10.1. The Morgan fingerprint density at radius 1 is 0.458 bits per heavy atom. The first-order valence-electron chi connectivity index (χ1n) is 14.8. The molecule has 268 valence electrons. The van der Waals surface area contributed by atoms with E-state index in [0.717, 1.165) is 0 Å². The van der Waals surface area contributed by atoms with Crippen molar-refractivity contribution in [3.8, 4) is 5.75 Å². The van der Waals surface area contributed by atoms with E-state index in [2.05, 4.69) is 4.74 Å². The summed E-state index contributed by atoms with van der Waals surface area (Å²) < 4.78 is 113. The van der Waals surface area contributed by atoms with Crippen LogP contribution < -0.4 is 4.74 Å². The monoisotopic (exact) mass is 696 g/mol. The molecular weight excluding hydrogens is 659 g/mol. The summed E-state index contributed by atoms with van der Waals surface area (Å²) in [6, 6.07) is 8.12. The van der Waals surface area contributed by atoms with E-state index in [-0.39, 0.29) is 58.4 Å². The summed E-state index contributed by atoms with van der Waals surface area (Å²) in [5.41, 5.74) is 0.264. The number of esters is 2. The van der Waals surface area contributed by atoms with Crippen molar-refractivity contribution in [3.05, 3.63) is 65.0 Å². The molecule has 0 radical (unpaired) electrons. The van der Waals surface area contributed by atoms with Crippen LogP contribution in [0.3, 0.4) is 0 Å². The number of carbonyl (C=O) groups is 3. The van der Waals surface area contributed by atoms with Gasteiger partial charge in [-0.15, -0.1) is 0 Å². The molecule has 0 saturated carbocycles. The number of carbonyl (C=O) groups excluding carboxylic acids is 3. The first kappa shape index (κ1) is 40.6. The van der Waals surface area contributed by atoms with E-state index < -0.39 is 59.0 Å². The van der Waals surface area contributed by atoms with E-state index in [1.165, 1.54) is 12.1 Å². The predicted molar refractivity (Wildman–Crippen MR) is 154 cm³/mol. The molecule has 48 heavy (non-hydrogen) atoms. The van der Waals surface area contributed by atoms with Gasteiger partial charge in [0.2, 0.25) is 34.8 Å². The third kappa shape index (κ3) is 16.0. The van der Waals surface area contributed by atoms with Gasteiger partial charge in [-0.05, 0) is 0 Å². The minimum atomic E-state index is -2.36. The maximum atomic E-state index is 13.5. The molecule has 0 amide bonds. The minimum absolute atomic E-state index is 0.0442. The number of ketones is 1. The first-order valence-corrected chi connectivity index (χ1v) is 14.8. The van der Waals surface area contributed by atoms with Gasteiger partial charge < -0.3 is 42.6 Å². The molecule has 0 spiro atoms. The Kier molecular flexibility index (Phi) is 20.8. The zero-order valence-electron chi connectivity index (χ0n) is 26.0. The highest BCUT2D eigenvalue weighted by atomic mass is 19.2. The van der Waals surface area contributed by atoms with Crippen LogP contribution in [0, 0.1) is 29.1 Å². The zero-order valence-corrected chi connectivity index (χ0v) is 26.0. The van der Waals surface area contributed by atoms with E-state index in [1.807, 2.05) is 0 Å². The zero-order chi connectivity index (χ0) is 35.0. The van der Waals surface area contributed by atoms with Crippen LogP contribution in [-0.2, 0) is 47.5 Å². The lowest BCUT2D eigenvalue weighted by Gasteiger charge is -2.09. The number of halogens is 5.